The van der Waals surface area contributed by atoms with Crippen LogP contribution >= 0.6 is 11.8 Å². The van der Waals surface area contributed by atoms with E-state index in [1.165, 1.54) is 33.1 Å². The van der Waals surface area contributed by atoms with Gasteiger partial charge in [0, 0.05) is 17.3 Å². The molecule has 1 aliphatic carbocycles. The van der Waals surface area contributed by atoms with Crippen LogP contribution in [0.2, 0.25) is 0 Å². The Morgan fingerprint density at radius 1 is 1.23 bits per heavy atom. The molecule has 0 radical (unpaired) electrons. The number of ether oxygens (including phenoxy) is 1. The lowest BCUT2D eigenvalue weighted by molar-refractivity contribution is -0.123. The number of ketones is 3. The number of phenols is 2. The number of carbonyl (C=O) groups excluding carboxylic acids is 3. The average Bonchev–Trinajstić information content (AvgIpc) is 3.65. The quantitative estimate of drug-likeness (QED) is 0.202. The number of aromatic hydroxyl groups is 2. The van der Waals surface area contributed by atoms with Crippen molar-refractivity contribution in [3.05, 3.63) is 64.1 Å². The first-order valence-electron chi connectivity index (χ1n) is 12.4. The molecule has 3 heterocycles. The zero-order chi connectivity index (χ0) is 28.9. The molecule has 2 aromatic heterocycles. The van der Waals surface area contributed by atoms with Gasteiger partial charge in [0.15, 0.2) is 23.1 Å². The van der Waals surface area contributed by atoms with Crippen molar-refractivity contribution in [1.82, 2.24) is 15.5 Å². The molecule has 12 heteroatoms. The Morgan fingerprint density at radius 3 is 2.62 bits per heavy atom. The first kappa shape index (κ1) is 27.3. The fourth-order valence-corrected chi connectivity index (χ4v) is 5.54. The minimum absolute atomic E-state index is 0.0287. The predicted molar refractivity (Wildman–Crippen MR) is 144 cm³/mol. The smallest absolute Gasteiger partial charge is 0.249 e. The molecule has 0 unspecified atom stereocenters. The summed E-state index contributed by atoms with van der Waals surface area (Å²) in [5, 5.41) is 28.8. The summed E-state index contributed by atoms with van der Waals surface area (Å²) in [4.78, 5) is 44.2. The zero-order valence-electron chi connectivity index (χ0n) is 22.4. The monoisotopic (exact) mass is 565 g/mol. The number of fused-ring (bicyclic) bond motifs is 3. The third-order valence-corrected chi connectivity index (χ3v) is 7.89. The first-order valence-corrected chi connectivity index (χ1v) is 13.8. The highest BCUT2D eigenvalue weighted by Gasteiger charge is 2.56. The van der Waals surface area contributed by atoms with Crippen LogP contribution in [-0.4, -0.2) is 49.7 Å². The van der Waals surface area contributed by atoms with Gasteiger partial charge in [-0.05, 0) is 58.3 Å². The van der Waals surface area contributed by atoms with E-state index >= 15 is 0 Å². The van der Waals surface area contributed by atoms with E-state index in [0.29, 0.717) is 17.9 Å². The summed E-state index contributed by atoms with van der Waals surface area (Å²) in [7, 11) is 0. The highest BCUT2D eigenvalue weighted by atomic mass is 32.2. The van der Waals surface area contributed by atoms with Gasteiger partial charge in [0.25, 0.3) is 0 Å². The summed E-state index contributed by atoms with van der Waals surface area (Å²) in [5.41, 5.74) is -1.59. The van der Waals surface area contributed by atoms with Gasteiger partial charge in [-0.3, -0.25) is 14.4 Å². The molecule has 208 valence electrons. The second-order valence-electron chi connectivity index (χ2n) is 9.80. The van der Waals surface area contributed by atoms with Crippen LogP contribution < -0.4 is 10.1 Å². The molecule has 40 heavy (non-hydrogen) atoms. The number of allylic oxidation sites excluding steroid dienone is 4. The van der Waals surface area contributed by atoms with Crippen LogP contribution in [0.3, 0.4) is 0 Å². The molecule has 0 saturated heterocycles. The van der Waals surface area contributed by atoms with Crippen LogP contribution in [0.5, 0.6) is 17.2 Å². The summed E-state index contributed by atoms with van der Waals surface area (Å²) >= 11 is 1.60. The maximum Gasteiger partial charge on any atom is 0.249 e. The van der Waals surface area contributed by atoms with Crippen LogP contribution in [0, 0.1) is 6.92 Å². The Hall–Kier alpha value is -4.32. The number of aromatic nitrogens is 2. The molecule has 11 nitrogen and oxygen atoms in total. The topological polar surface area (TPSA) is 165 Å². The number of carbonyl (C=O) groups is 3. The van der Waals surface area contributed by atoms with E-state index in [9.17, 15) is 24.6 Å². The van der Waals surface area contributed by atoms with E-state index in [0.717, 1.165) is 0 Å². The number of phenolic OH excluding ortho intramolecular Hbond substituents is 2. The van der Waals surface area contributed by atoms with E-state index in [1.54, 1.807) is 30.8 Å². The molecule has 0 spiro atoms. The molecule has 3 N–H and O–H groups in total. The third kappa shape index (κ3) is 4.10. The third-order valence-electron chi connectivity index (χ3n) is 7.24. The van der Waals surface area contributed by atoms with Crippen molar-refractivity contribution in [2.75, 3.05) is 12.0 Å². The van der Waals surface area contributed by atoms with Crippen LogP contribution in [-0.2, 0) is 15.0 Å². The number of hydrogen-bond acceptors (Lipinski definition) is 12. The van der Waals surface area contributed by atoms with Gasteiger partial charge < -0.3 is 29.2 Å². The van der Waals surface area contributed by atoms with Gasteiger partial charge in [-0.2, -0.15) is 16.7 Å². The summed E-state index contributed by atoms with van der Waals surface area (Å²) < 4.78 is 16.7. The SMILES string of the molecule is CSCC[C@@H](N/C(C)=C1\C(=O)C=C2Oc3c(C(C)=O)c(O)c(C)c(O)c3[C@@]2(C)C1=O)c1nc(-c2ccco2)no1. The van der Waals surface area contributed by atoms with Gasteiger partial charge in [-0.25, -0.2) is 0 Å². The minimum atomic E-state index is -1.61. The number of thioether (sulfide) groups is 1. The fourth-order valence-electron chi connectivity index (χ4n) is 5.07. The van der Waals surface area contributed by atoms with E-state index in [2.05, 4.69) is 15.5 Å². The van der Waals surface area contributed by atoms with Gasteiger partial charge in [-0.15, -0.1) is 0 Å². The lowest BCUT2D eigenvalue weighted by Gasteiger charge is -2.29. The Balaban J connectivity index is 1.57. The average molecular weight is 566 g/mol. The van der Waals surface area contributed by atoms with Crippen molar-refractivity contribution in [1.29, 1.82) is 0 Å². The van der Waals surface area contributed by atoms with Gasteiger partial charge in [0.1, 0.15) is 40.0 Å². The van der Waals surface area contributed by atoms with Crippen LogP contribution in [0.4, 0.5) is 0 Å². The molecular weight excluding hydrogens is 538 g/mol. The van der Waals surface area contributed by atoms with E-state index in [-0.39, 0.29) is 56.9 Å². The lowest BCUT2D eigenvalue weighted by Crippen LogP contribution is -2.41. The molecule has 1 aliphatic heterocycles. The van der Waals surface area contributed by atoms with Gasteiger partial charge >= 0.3 is 0 Å². The Morgan fingerprint density at radius 2 is 1.98 bits per heavy atom. The van der Waals surface area contributed by atoms with E-state index < -0.39 is 34.6 Å². The number of rotatable bonds is 8. The summed E-state index contributed by atoms with van der Waals surface area (Å²) in [5.74, 6) is -1.07. The maximum absolute atomic E-state index is 14.1. The van der Waals surface area contributed by atoms with E-state index in [4.69, 9.17) is 13.7 Å². The van der Waals surface area contributed by atoms with Crippen molar-refractivity contribution < 1.29 is 38.3 Å². The predicted octanol–water partition coefficient (Wildman–Crippen LogP) is 4.30. The van der Waals surface area contributed by atoms with Crippen molar-refractivity contribution in [3.8, 4) is 28.8 Å². The molecule has 2 aliphatic rings. The Kier molecular flexibility index (Phi) is 6.82. The number of hydrogen-bond donors (Lipinski definition) is 3. The minimum Gasteiger partial charge on any atom is -0.507 e. The summed E-state index contributed by atoms with van der Waals surface area (Å²) in [6.07, 6.45) is 5.16. The molecule has 2 atom stereocenters. The first-order chi connectivity index (χ1) is 19.0. The molecule has 0 bridgehead atoms. The zero-order valence-corrected chi connectivity index (χ0v) is 23.3. The van der Waals surface area contributed by atoms with Crippen molar-refractivity contribution in [2.45, 2.75) is 45.6 Å². The van der Waals surface area contributed by atoms with Crippen molar-refractivity contribution >= 4 is 29.1 Å². The second kappa shape index (κ2) is 10.0. The molecule has 0 saturated carbocycles. The highest BCUT2D eigenvalue weighted by molar-refractivity contribution is 7.98. The van der Waals surface area contributed by atoms with Crippen molar-refractivity contribution in [2.24, 2.45) is 0 Å². The number of furan rings is 1. The number of benzene rings is 1. The van der Waals surface area contributed by atoms with Gasteiger partial charge in [-0.1, -0.05) is 5.16 Å². The molecule has 3 aromatic rings. The molecule has 5 rings (SSSR count). The summed E-state index contributed by atoms with van der Waals surface area (Å²) in [6, 6.07) is 2.88. The van der Waals surface area contributed by atoms with E-state index in [1.807, 2.05) is 6.26 Å². The molecule has 0 fully saturated rings. The Labute approximate surface area is 233 Å². The standard InChI is InChI=1S/C28H27N3O8S/c1-12-22(34)20(14(3)32)24-21(23(12)35)28(4)18(38-24)11-16(33)19(25(28)36)13(2)29-15(8-10-40-5)27-30-26(31-39-27)17-7-6-9-37-17/h6-7,9,11,15,29,34-35H,8,10H2,1-5H3/b19-13+/t15-,28+/m1/s1. The van der Waals surface area contributed by atoms with Crippen molar-refractivity contribution in [3.63, 3.8) is 0 Å². The number of nitrogens with one attached hydrogen (secondary N) is 1. The number of nitrogens with zero attached hydrogens (tertiary/aromatic N) is 2. The van der Waals surface area contributed by atoms with Crippen LogP contribution in [0.1, 0.15) is 60.6 Å². The number of Topliss-reactive ketones (excluding diaryl/α,β-unsaturated/α-hetero) is 2. The molecule has 0 amide bonds. The molecule has 1 aromatic carbocycles. The largest absolute Gasteiger partial charge is 0.507 e. The second-order valence-corrected chi connectivity index (χ2v) is 10.8. The molecular formula is C28H27N3O8S. The fraction of sp³-hybridized carbons (Fsp3) is 0.321. The maximum atomic E-state index is 14.1. The normalized spacial score (nSPS) is 20.0. The van der Waals surface area contributed by atoms with Crippen LogP contribution in [0.25, 0.3) is 11.6 Å². The lowest BCUT2D eigenvalue weighted by atomic mass is 9.70. The highest BCUT2D eigenvalue weighted by Crippen LogP contribution is 2.57. The Bertz CT molecular complexity index is 1620. The summed E-state index contributed by atoms with van der Waals surface area (Å²) in [6.45, 7) is 5.79. The van der Waals surface area contributed by atoms with Gasteiger partial charge in [0.2, 0.25) is 11.7 Å². The van der Waals surface area contributed by atoms with Crippen LogP contribution in [0.15, 0.2) is 50.4 Å². The van der Waals surface area contributed by atoms with Gasteiger partial charge in [0.05, 0.1) is 17.4 Å².